The number of carbonyl (C=O) groups excluding carboxylic acids is 1. The van der Waals surface area contributed by atoms with E-state index >= 15 is 0 Å². The maximum atomic E-state index is 12.3. The molecule has 0 amide bonds. The first kappa shape index (κ1) is 11.7. The van der Waals surface area contributed by atoms with Crippen LogP contribution in [0.2, 0.25) is 0 Å². The molecular weight excluding hydrogens is 214 g/mol. The topological polar surface area (TPSA) is 39.2 Å². The normalized spacial score (nSPS) is 12.6. The molecule has 88 valence electrons. The summed E-state index contributed by atoms with van der Waals surface area (Å²) in [7, 11) is 1.56. The van der Waals surface area contributed by atoms with E-state index in [2.05, 4.69) is 4.98 Å². The zero-order chi connectivity index (χ0) is 12.3. The maximum Gasteiger partial charge on any atom is 0.193 e. The number of Topliss-reactive ketones (excluding diaryl/α,β-unsaturated/α-hetero) is 1. The minimum atomic E-state index is -0.386. The molecule has 1 aromatic carbocycles. The minimum Gasteiger partial charge on any atom is -0.373 e. The fraction of sp³-hybridized carbons (Fsp3) is 0.286. The monoisotopic (exact) mass is 229 g/mol. The number of ether oxygens (including phenoxy) is 1. The molecule has 0 aliphatic rings. The van der Waals surface area contributed by atoms with Crippen molar-refractivity contribution in [3.8, 4) is 0 Å². The summed E-state index contributed by atoms with van der Waals surface area (Å²) in [6.45, 7) is 1.94. The van der Waals surface area contributed by atoms with Gasteiger partial charge in [0, 0.05) is 30.5 Å². The lowest BCUT2D eigenvalue weighted by Gasteiger charge is -2.12. The third kappa shape index (κ3) is 2.19. The van der Waals surface area contributed by atoms with Crippen LogP contribution in [0.15, 0.2) is 36.7 Å². The van der Waals surface area contributed by atoms with Crippen LogP contribution in [-0.2, 0) is 4.74 Å². The number of hydrogen-bond donors (Lipinski definition) is 0. The van der Waals surface area contributed by atoms with Crippen LogP contribution in [0.1, 0.15) is 23.7 Å². The van der Waals surface area contributed by atoms with Gasteiger partial charge in [-0.05, 0) is 11.8 Å². The summed E-state index contributed by atoms with van der Waals surface area (Å²) < 4.78 is 5.19. The number of fused-ring (bicyclic) bond motifs is 1. The Morgan fingerprint density at radius 2 is 2.12 bits per heavy atom. The molecule has 0 saturated heterocycles. The summed E-state index contributed by atoms with van der Waals surface area (Å²) >= 11 is 0. The summed E-state index contributed by atoms with van der Waals surface area (Å²) in [5, 5.41) is 1.91. The van der Waals surface area contributed by atoms with Gasteiger partial charge in [-0.1, -0.05) is 31.2 Å². The Labute approximate surface area is 100 Å². The smallest absolute Gasteiger partial charge is 0.193 e. The molecule has 3 nitrogen and oxygen atoms in total. The minimum absolute atomic E-state index is 0.000648. The summed E-state index contributed by atoms with van der Waals surface area (Å²) in [5.74, 6) is -0.000648. The maximum absolute atomic E-state index is 12.3. The molecule has 0 fully saturated rings. The largest absolute Gasteiger partial charge is 0.373 e. The van der Waals surface area contributed by atoms with Crippen molar-refractivity contribution >= 4 is 16.6 Å². The Hall–Kier alpha value is -1.74. The molecular formula is C14H15NO2. The fourth-order valence-corrected chi connectivity index (χ4v) is 1.95. The van der Waals surface area contributed by atoms with Gasteiger partial charge in [0.25, 0.3) is 0 Å². The van der Waals surface area contributed by atoms with Gasteiger partial charge < -0.3 is 4.74 Å². The van der Waals surface area contributed by atoms with Crippen molar-refractivity contribution in [2.45, 2.75) is 19.4 Å². The van der Waals surface area contributed by atoms with E-state index in [-0.39, 0.29) is 11.9 Å². The molecule has 0 bridgehead atoms. The van der Waals surface area contributed by atoms with Crippen LogP contribution in [0.4, 0.5) is 0 Å². The molecule has 1 aromatic heterocycles. The van der Waals surface area contributed by atoms with Crippen LogP contribution in [0.5, 0.6) is 0 Å². The quantitative estimate of drug-likeness (QED) is 0.757. The molecule has 0 N–H and O–H groups in total. The van der Waals surface area contributed by atoms with Gasteiger partial charge in [-0.25, -0.2) is 0 Å². The lowest BCUT2D eigenvalue weighted by atomic mass is 10.0. The predicted molar refractivity (Wildman–Crippen MR) is 67.2 cm³/mol. The van der Waals surface area contributed by atoms with Crippen molar-refractivity contribution in [2.24, 2.45) is 0 Å². The SMILES string of the molecule is CCC(OC)C(=O)c1cncc2ccccc12. The van der Waals surface area contributed by atoms with Gasteiger partial charge in [-0.15, -0.1) is 0 Å². The Kier molecular flexibility index (Phi) is 3.49. The van der Waals surface area contributed by atoms with E-state index in [9.17, 15) is 4.79 Å². The molecule has 0 aliphatic carbocycles. The van der Waals surface area contributed by atoms with Crippen LogP contribution < -0.4 is 0 Å². The number of aromatic nitrogens is 1. The highest BCUT2D eigenvalue weighted by atomic mass is 16.5. The number of nitrogens with zero attached hydrogens (tertiary/aromatic N) is 1. The molecule has 17 heavy (non-hydrogen) atoms. The van der Waals surface area contributed by atoms with Crippen LogP contribution in [-0.4, -0.2) is 24.0 Å². The van der Waals surface area contributed by atoms with Gasteiger partial charge in [-0.3, -0.25) is 9.78 Å². The van der Waals surface area contributed by atoms with E-state index in [4.69, 9.17) is 4.74 Å². The number of benzene rings is 1. The molecule has 3 heteroatoms. The Bertz CT molecular complexity index is 527. The number of pyridine rings is 1. The summed E-state index contributed by atoms with van der Waals surface area (Å²) in [6.07, 6.45) is 3.66. The molecule has 0 spiro atoms. The summed E-state index contributed by atoms with van der Waals surface area (Å²) in [4.78, 5) is 16.4. The van der Waals surface area contributed by atoms with Crippen molar-refractivity contribution in [2.75, 3.05) is 7.11 Å². The Morgan fingerprint density at radius 1 is 1.35 bits per heavy atom. The molecule has 0 radical (unpaired) electrons. The van der Waals surface area contributed by atoms with Crippen molar-refractivity contribution in [3.63, 3.8) is 0 Å². The van der Waals surface area contributed by atoms with Crippen molar-refractivity contribution in [1.82, 2.24) is 4.98 Å². The number of rotatable bonds is 4. The summed E-state index contributed by atoms with van der Waals surface area (Å²) in [6, 6.07) is 7.75. The molecule has 1 unspecified atom stereocenters. The fourth-order valence-electron chi connectivity index (χ4n) is 1.95. The van der Waals surface area contributed by atoms with Gasteiger partial charge >= 0.3 is 0 Å². The van der Waals surface area contributed by atoms with Crippen LogP contribution in [0.25, 0.3) is 10.8 Å². The molecule has 2 aromatic rings. The van der Waals surface area contributed by atoms with Crippen LogP contribution in [0, 0.1) is 0 Å². The van der Waals surface area contributed by atoms with Crippen molar-refractivity contribution in [1.29, 1.82) is 0 Å². The second kappa shape index (κ2) is 5.06. The molecule has 0 aliphatic heterocycles. The van der Waals surface area contributed by atoms with E-state index in [1.807, 2.05) is 31.2 Å². The second-order valence-corrected chi connectivity index (χ2v) is 3.91. The van der Waals surface area contributed by atoms with E-state index < -0.39 is 0 Å². The van der Waals surface area contributed by atoms with Crippen molar-refractivity contribution in [3.05, 3.63) is 42.2 Å². The molecule has 1 heterocycles. The van der Waals surface area contributed by atoms with Gasteiger partial charge in [0.2, 0.25) is 0 Å². The highest BCUT2D eigenvalue weighted by molar-refractivity contribution is 6.09. The number of ketones is 1. The second-order valence-electron chi connectivity index (χ2n) is 3.91. The lowest BCUT2D eigenvalue weighted by Crippen LogP contribution is -2.22. The van der Waals surface area contributed by atoms with Gasteiger partial charge in [0.1, 0.15) is 6.10 Å². The zero-order valence-corrected chi connectivity index (χ0v) is 10.0. The zero-order valence-electron chi connectivity index (χ0n) is 10.0. The average Bonchev–Trinajstić information content (AvgIpc) is 2.39. The highest BCUT2D eigenvalue weighted by Crippen LogP contribution is 2.19. The predicted octanol–water partition coefficient (Wildman–Crippen LogP) is 2.84. The number of hydrogen-bond acceptors (Lipinski definition) is 3. The number of methoxy groups -OCH3 is 1. The van der Waals surface area contributed by atoms with E-state index in [1.165, 1.54) is 0 Å². The lowest BCUT2D eigenvalue weighted by molar-refractivity contribution is 0.0597. The first-order chi connectivity index (χ1) is 8.27. The molecule has 0 saturated carbocycles. The van der Waals surface area contributed by atoms with Crippen molar-refractivity contribution < 1.29 is 9.53 Å². The van der Waals surface area contributed by atoms with Gasteiger partial charge in [-0.2, -0.15) is 0 Å². The van der Waals surface area contributed by atoms with Gasteiger partial charge in [0.05, 0.1) is 0 Å². The summed E-state index contributed by atoms with van der Waals surface area (Å²) in [5.41, 5.74) is 0.636. The molecule has 1 atom stereocenters. The third-order valence-corrected chi connectivity index (χ3v) is 2.88. The molecule has 2 rings (SSSR count). The third-order valence-electron chi connectivity index (χ3n) is 2.88. The average molecular weight is 229 g/mol. The first-order valence-electron chi connectivity index (χ1n) is 5.67. The highest BCUT2D eigenvalue weighted by Gasteiger charge is 2.19. The van der Waals surface area contributed by atoms with Crippen LogP contribution in [0.3, 0.4) is 0 Å². The van der Waals surface area contributed by atoms with E-state index in [1.54, 1.807) is 19.5 Å². The standard InChI is InChI=1S/C14H15NO2/c1-3-13(17-2)14(16)12-9-15-8-10-6-4-5-7-11(10)12/h4-9,13H,3H2,1-2H3. The first-order valence-corrected chi connectivity index (χ1v) is 5.67. The van der Waals surface area contributed by atoms with E-state index in [0.717, 1.165) is 10.8 Å². The van der Waals surface area contributed by atoms with Gasteiger partial charge in [0.15, 0.2) is 5.78 Å². The Morgan fingerprint density at radius 3 is 2.82 bits per heavy atom. The number of carbonyl (C=O) groups is 1. The Balaban J connectivity index is 2.52. The van der Waals surface area contributed by atoms with E-state index in [0.29, 0.717) is 12.0 Å². The van der Waals surface area contributed by atoms with Crippen LogP contribution >= 0.6 is 0 Å².